The zero-order valence-electron chi connectivity index (χ0n) is 13.8. The fourth-order valence-corrected chi connectivity index (χ4v) is 2.75. The Morgan fingerprint density at radius 3 is 1.96 bits per heavy atom. The van der Waals surface area contributed by atoms with Gasteiger partial charge in [0.2, 0.25) is 0 Å². The van der Waals surface area contributed by atoms with Crippen molar-refractivity contribution in [3.8, 4) is 0 Å². The summed E-state index contributed by atoms with van der Waals surface area (Å²) in [7, 11) is 0. The molecule has 0 saturated carbocycles. The molecule has 2 N–H and O–H groups in total. The van der Waals surface area contributed by atoms with E-state index in [0.29, 0.717) is 15.8 Å². The molecule has 0 atom stereocenters. The maximum Gasteiger partial charge on any atom is 0.258 e. The highest BCUT2D eigenvalue weighted by atomic mass is 79.9. The van der Waals surface area contributed by atoms with Gasteiger partial charge in [0.25, 0.3) is 11.8 Å². The molecule has 0 radical (unpaired) electrons. The van der Waals surface area contributed by atoms with Gasteiger partial charge in [-0.15, -0.1) is 0 Å². The van der Waals surface area contributed by atoms with Crippen LogP contribution >= 0.6 is 15.9 Å². The van der Waals surface area contributed by atoms with Gasteiger partial charge >= 0.3 is 0 Å². The summed E-state index contributed by atoms with van der Waals surface area (Å²) >= 11 is 3.30. The van der Waals surface area contributed by atoms with Crippen LogP contribution in [0.25, 0.3) is 0 Å². The maximum atomic E-state index is 14.8. The molecule has 0 aromatic heterocycles. The molecule has 0 aliphatic carbocycles. The van der Waals surface area contributed by atoms with Gasteiger partial charge in [-0.2, -0.15) is 0 Å². The lowest BCUT2D eigenvalue weighted by molar-refractivity contribution is 0.102. The lowest BCUT2D eigenvalue weighted by Crippen LogP contribution is -2.19. The van der Waals surface area contributed by atoms with Gasteiger partial charge < -0.3 is 10.6 Å². The lowest BCUT2D eigenvalue weighted by atomic mass is 10.1. The number of rotatable bonds is 4. The molecule has 3 rings (SSSR count). The van der Waals surface area contributed by atoms with Crippen LogP contribution in [0.3, 0.4) is 0 Å². The molecule has 7 heteroatoms. The Kier molecular flexibility index (Phi) is 5.61. The van der Waals surface area contributed by atoms with E-state index in [2.05, 4.69) is 26.6 Å². The Balaban J connectivity index is 1.82. The summed E-state index contributed by atoms with van der Waals surface area (Å²) in [5, 5.41) is 5.06. The summed E-state index contributed by atoms with van der Waals surface area (Å²) in [6.07, 6.45) is 0. The number of benzene rings is 3. The number of nitrogens with one attached hydrogen (secondary N) is 2. The Labute approximate surface area is 162 Å². The van der Waals surface area contributed by atoms with Crippen LogP contribution in [0.15, 0.2) is 71.2 Å². The van der Waals surface area contributed by atoms with Gasteiger partial charge in [0.15, 0.2) is 0 Å². The van der Waals surface area contributed by atoms with Crippen LogP contribution < -0.4 is 10.6 Å². The highest BCUT2D eigenvalue weighted by molar-refractivity contribution is 9.10. The molecule has 0 saturated heterocycles. The molecule has 27 heavy (non-hydrogen) atoms. The molecular formula is C20H13BrF2N2O2. The number of carbonyl (C=O) groups excluding carboxylic acids is 2. The average molecular weight is 431 g/mol. The predicted octanol–water partition coefficient (Wildman–Crippen LogP) is 5.23. The molecular weight excluding hydrogens is 418 g/mol. The maximum absolute atomic E-state index is 14.8. The van der Waals surface area contributed by atoms with Crippen molar-refractivity contribution in [1.29, 1.82) is 0 Å². The van der Waals surface area contributed by atoms with Gasteiger partial charge in [-0.25, -0.2) is 8.78 Å². The minimum atomic E-state index is -0.943. The quantitative estimate of drug-likeness (QED) is 0.594. The summed E-state index contributed by atoms with van der Waals surface area (Å²) in [5.41, 5.74) is 0.226. The van der Waals surface area contributed by atoms with Gasteiger partial charge in [-0.05, 0) is 64.5 Å². The molecule has 3 aromatic carbocycles. The Morgan fingerprint density at radius 1 is 0.741 bits per heavy atom. The molecule has 4 nitrogen and oxygen atoms in total. The summed E-state index contributed by atoms with van der Waals surface area (Å²) in [6, 6.07) is 15.9. The summed E-state index contributed by atoms with van der Waals surface area (Å²) < 4.78 is 28.3. The minimum Gasteiger partial charge on any atom is -0.322 e. The zero-order valence-corrected chi connectivity index (χ0v) is 15.4. The normalized spacial score (nSPS) is 10.3. The number of hydrogen-bond acceptors (Lipinski definition) is 2. The standard InChI is InChI=1S/C20H13BrF2N2O2/c21-16-6-1-2-7-17(16)25-20(27)15-5-3-4-14(18(15)23)19(26)24-13-10-8-12(22)9-11-13/h1-11H,(H,24,26)(H,25,27). The Morgan fingerprint density at radius 2 is 1.33 bits per heavy atom. The second kappa shape index (κ2) is 8.09. The second-order valence-electron chi connectivity index (χ2n) is 5.56. The first-order valence-electron chi connectivity index (χ1n) is 7.87. The first kappa shape index (κ1) is 18.7. The number of anilines is 2. The molecule has 0 aliphatic rings. The third kappa shape index (κ3) is 4.38. The topological polar surface area (TPSA) is 58.2 Å². The molecule has 0 unspecified atom stereocenters. The predicted molar refractivity (Wildman–Crippen MR) is 103 cm³/mol. The summed E-state index contributed by atoms with van der Waals surface area (Å²) in [5.74, 6) is -2.82. The van der Waals surface area contributed by atoms with E-state index in [1.807, 2.05) is 0 Å². The number of para-hydroxylation sites is 1. The van der Waals surface area contributed by atoms with Crippen LogP contribution in [0, 0.1) is 11.6 Å². The number of hydrogen-bond donors (Lipinski definition) is 2. The van der Waals surface area contributed by atoms with Gasteiger partial charge in [-0.1, -0.05) is 18.2 Å². The van der Waals surface area contributed by atoms with Crippen LogP contribution in [-0.4, -0.2) is 11.8 Å². The van der Waals surface area contributed by atoms with E-state index in [4.69, 9.17) is 0 Å². The van der Waals surface area contributed by atoms with E-state index in [1.54, 1.807) is 24.3 Å². The molecule has 136 valence electrons. The van der Waals surface area contributed by atoms with Crippen LogP contribution in [-0.2, 0) is 0 Å². The highest BCUT2D eigenvalue weighted by Crippen LogP contribution is 2.23. The van der Waals surface area contributed by atoms with Crippen molar-refractivity contribution in [2.75, 3.05) is 10.6 Å². The molecule has 0 heterocycles. The number of halogens is 3. The number of amides is 2. The monoisotopic (exact) mass is 430 g/mol. The fourth-order valence-electron chi connectivity index (χ4n) is 2.37. The number of carbonyl (C=O) groups is 2. The van der Waals surface area contributed by atoms with E-state index in [-0.39, 0.29) is 11.1 Å². The largest absolute Gasteiger partial charge is 0.322 e. The Hall–Kier alpha value is -3.06. The van der Waals surface area contributed by atoms with E-state index in [1.165, 1.54) is 42.5 Å². The summed E-state index contributed by atoms with van der Waals surface area (Å²) in [6.45, 7) is 0. The summed E-state index contributed by atoms with van der Waals surface area (Å²) in [4.78, 5) is 24.7. The lowest BCUT2D eigenvalue weighted by Gasteiger charge is -2.11. The van der Waals surface area contributed by atoms with Crippen molar-refractivity contribution in [1.82, 2.24) is 0 Å². The van der Waals surface area contributed by atoms with Gasteiger partial charge in [0, 0.05) is 10.2 Å². The van der Waals surface area contributed by atoms with Crippen molar-refractivity contribution >= 4 is 39.1 Å². The molecule has 3 aromatic rings. The minimum absolute atomic E-state index is 0.266. The third-order valence-corrected chi connectivity index (χ3v) is 4.40. The first-order valence-corrected chi connectivity index (χ1v) is 8.66. The van der Waals surface area contributed by atoms with Crippen molar-refractivity contribution in [2.45, 2.75) is 0 Å². The van der Waals surface area contributed by atoms with Crippen molar-refractivity contribution < 1.29 is 18.4 Å². The van der Waals surface area contributed by atoms with E-state index in [9.17, 15) is 18.4 Å². The van der Waals surface area contributed by atoms with Crippen molar-refractivity contribution in [3.63, 3.8) is 0 Å². The molecule has 0 aliphatic heterocycles. The smallest absolute Gasteiger partial charge is 0.258 e. The van der Waals surface area contributed by atoms with Crippen LogP contribution in [0.5, 0.6) is 0 Å². The molecule has 0 bridgehead atoms. The van der Waals surface area contributed by atoms with E-state index < -0.39 is 23.4 Å². The van der Waals surface area contributed by atoms with Crippen LogP contribution in [0.1, 0.15) is 20.7 Å². The van der Waals surface area contributed by atoms with Gasteiger partial charge in [0.1, 0.15) is 11.6 Å². The third-order valence-electron chi connectivity index (χ3n) is 3.71. The van der Waals surface area contributed by atoms with Crippen LogP contribution in [0.2, 0.25) is 0 Å². The SMILES string of the molecule is O=C(Nc1ccc(F)cc1)c1cccc(C(=O)Nc2ccccc2Br)c1F. The molecule has 0 fully saturated rings. The van der Waals surface area contributed by atoms with E-state index in [0.717, 1.165) is 0 Å². The Bertz CT molecular complexity index is 1010. The van der Waals surface area contributed by atoms with Crippen molar-refractivity contribution in [3.05, 3.63) is 94.0 Å². The molecule has 0 spiro atoms. The average Bonchev–Trinajstić information content (AvgIpc) is 2.65. The fraction of sp³-hybridized carbons (Fsp3) is 0. The van der Waals surface area contributed by atoms with Gasteiger partial charge in [0.05, 0.1) is 16.8 Å². The van der Waals surface area contributed by atoms with E-state index >= 15 is 0 Å². The second-order valence-corrected chi connectivity index (χ2v) is 6.42. The highest BCUT2D eigenvalue weighted by Gasteiger charge is 2.20. The molecule has 2 amide bonds. The first-order chi connectivity index (χ1) is 13.0. The van der Waals surface area contributed by atoms with Gasteiger partial charge in [-0.3, -0.25) is 9.59 Å². The zero-order chi connectivity index (χ0) is 19.4. The van der Waals surface area contributed by atoms with Crippen LogP contribution in [0.4, 0.5) is 20.2 Å². The van der Waals surface area contributed by atoms with Crippen molar-refractivity contribution in [2.24, 2.45) is 0 Å².